The summed E-state index contributed by atoms with van der Waals surface area (Å²) < 4.78 is 18.3. The van der Waals surface area contributed by atoms with Crippen LogP contribution in [0.15, 0.2) is 91.0 Å². The summed E-state index contributed by atoms with van der Waals surface area (Å²) in [6.45, 7) is 0.0814. The van der Waals surface area contributed by atoms with E-state index in [1.807, 2.05) is 28.7 Å². The lowest BCUT2D eigenvalue weighted by Gasteiger charge is -2.33. The Morgan fingerprint density at radius 3 is 1.51 bits per heavy atom. The molecule has 0 spiro atoms. The van der Waals surface area contributed by atoms with Gasteiger partial charge in [-0.2, -0.15) is 0 Å². The molecule has 0 aliphatic carbocycles. The number of benzene rings is 5. The second-order valence-electron chi connectivity index (χ2n) is 9.27. The summed E-state index contributed by atoms with van der Waals surface area (Å²) in [5.41, 5.74) is 3.57. The van der Waals surface area contributed by atoms with Gasteiger partial charge in [0.05, 0.1) is 0 Å². The third-order valence-corrected chi connectivity index (χ3v) is 9.66. The fourth-order valence-electron chi connectivity index (χ4n) is 5.86. The number of thiophene rings is 2. The molecule has 2 aliphatic rings. The SMILES string of the molecule is c1cc2c3c(c1)Oc1cc4c(cc1B3c1cc3sc5ccccc5c3cc1O2)sc1ccccc14. The molecular formula is C30H15BO2S2. The normalized spacial score (nSPS) is 13.5. The molecule has 0 amide bonds. The molecule has 0 fully saturated rings. The van der Waals surface area contributed by atoms with Crippen molar-refractivity contribution in [2.45, 2.75) is 0 Å². The predicted molar refractivity (Wildman–Crippen MR) is 150 cm³/mol. The minimum absolute atomic E-state index is 0.0814. The summed E-state index contributed by atoms with van der Waals surface area (Å²) in [5, 5.41) is 5.10. The van der Waals surface area contributed by atoms with Gasteiger partial charge >= 0.3 is 0 Å². The Kier molecular flexibility index (Phi) is 3.41. The zero-order chi connectivity index (χ0) is 22.7. The quantitative estimate of drug-likeness (QED) is 0.214. The van der Waals surface area contributed by atoms with Gasteiger partial charge < -0.3 is 9.47 Å². The zero-order valence-corrected chi connectivity index (χ0v) is 20.0. The molecular weight excluding hydrogens is 467 g/mol. The first kappa shape index (κ1) is 18.5. The second kappa shape index (κ2) is 6.45. The van der Waals surface area contributed by atoms with Crippen molar-refractivity contribution in [2.24, 2.45) is 0 Å². The fraction of sp³-hybridized carbons (Fsp3) is 0. The Bertz CT molecular complexity index is 1890. The van der Waals surface area contributed by atoms with E-state index in [0.717, 1.165) is 28.5 Å². The first-order chi connectivity index (χ1) is 17.3. The number of hydrogen-bond donors (Lipinski definition) is 0. The predicted octanol–water partition coefficient (Wildman–Crippen LogP) is 7.15. The Hall–Kier alpha value is -3.80. The summed E-state index contributed by atoms with van der Waals surface area (Å²) in [5.74, 6) is 3.67. The van der Waals surface area contributed by atoms with Crippen molar-refractivity contribution in [3.63, 3.8) is 0 Å². The first-order valence-corrected chi connectivity index (χ1v) is 13.3. The molecule has 5 heteroatoms. The average Bonchev–Trinajstić information content (AvgIpc) is 3.43. The van der Waals surface area contributed by atoms with Crippen LogP contribution in [-0.2, 0) is 0 Å². The number of fused-ring (bicyclic) bond motifs is 10. The molecule has 0 bridgehead atoms. The van der Waals surface area contributed by atoms with E-state index in [1.54, 1.807) is 0 Å². The van der Waals surface area contributed by atoms with Crippen molar-refractivity contribution in [1.29, 1.82) is 0 Å². The molecule has 7 aromatic rings. The molecule has 2 aromatic heterocycles. The van der Waals surface area contributed by atoms with E-state index in [0.29, 0.717) is 0 Å². The van der Waals surface area contributed by atoms with Gasteiger partial charge in [-0.3, -0.25) is 0 Å². The highest BCUT2D eigenvalue weighted by Crippen LogP contribution is 2.42. The largest absolute Gasteiger partial charge is 0.458 e. The van der Waals surface area contributed by atoms with E-state index in [1.165, 1.54) is 51.3 Å². The molecule has 35 heavy (non-hydrogen) atoms. The molecule has 0 N–H and O–H groups in total. The van der Waals surface area contributed by atoms with Crippen LogP contribution < -0.4 is 25.9 Å². The summed E-state index contributed by atoms with van der Waals surface area (Å²) >= 11 is 3.71. The molecule has 2 nitrogen and oxygen atoms in total. The van der Waals surface area contributed by atoms with Crippen molar-refractivity contribution in [3.05, 3.63) is 91.0 Å². The summed E-state index contributed by atoms with van der Waals surface area (Å²) in [7, 11) is 0. The Labute approximate surface area is 209 Å². The van der Waals surface area contributed by atoms with Crippen LogP contribution in [0.4, 0.5) is 0 Å². The van der Waals surface area contributed by atoms with Gasteiger partial charge in [-0.25, -0.2) is 0 Å². The van der Waals surface area contributed by atoms with E-state index >= 15 is 0 Å². The van der Waals surface area contributed by atoms with Crippen molar-refractivity contribution in [2.75, 3.05) is 0 Å². The molecule has 4 heterocycles. The highest BCUT2D eigenvalue weighted by atomic mass is 32.1. The van der Waals surface area contributed by atoms with Gasteiger partial charge in [-0.15, -0.1) is 22.7 Å². The smallest absolute Gasteiger partial charge is 0.260 e. The van der Waals surface area contributed by atoms with Gasteiger partial charge in [0.2, 0.25) is 0 Å². The first-order valence-electron chi connectivity index (χ1n) is 11.7. The van der Waals surface area contributed by atoms with Crippen molar-refractivity contribution < 1.29 is 9.47 Å². The third-order valence-electron chi connectivity index (χ3n) is 7.39. The Morgan fingerprint density at radius 2 is 0.971 bits per heavy atom. The lowest BCUT2D eigenvalue weighted by molar-refractivity contribution is 0.465. The number of hydrogen-bond acceptors (Lipinski definition) is 4. The molecule has 162 valence electrons. The fourth-order valence-corrected chi connectivity index (χ4v) is 8.14. The standard InChI is InChI=1S/C30H15BO2S2/c1-3-10-26-16(6-1)18-12-24-20(14-28(18)34-26)31-21-15-29-19(17-7-2-4-11-27(17)35-29)13-25(21)33-23-9-5-8-22(32-24)30(23)31/h1-15H. The van der Waals surface area contributed by atoms with Crippen LogP contribution in [0.1, 0.15) is 0 Å². The van der Waals surface area contributed by atoms with Gasteiger partial charge in [0, 0.05) is 45.8 Å². The lowest BCUT2D eigenvalue weighted by atomic mass is 9.35. The van der Waals surface area contributed by atoms with Gasteiger partial charge in [0.1, 0.15) is 23.0 Å². The monoisotopic (exact) mass is 482 g/mol. The second-order valence-corrected chi connectivity index (χ2v) is 11.4. The minimum Gasteiger partial charge on any atom is -0.458 e. The van der Waals surface area contributed by atoms with Crippen LogP contribution in [0.25, 0.3) is 40.3 Å². The van der Waals surface area contributed by atoms with Gasteiger partial charge in [-0.1, -0.05) is 42.5 Å². The minimum atomic E-state index is 0.0814. The number of ether oxygens (including phenoxy) is 2. The van der Waals surface area contributed by atoms with E-state index in [2.05, 4.69) is 84.9 Å². The maximum atomic E-state index is 6.53. The van der Waals surface area contributed by atoms with Crippen molar-refractivity contribution in [3.8, 4) is 23.0 Å². The molecule has 0 radical (unpaired) electrons. The van der Waals surface area contributed by atoms with E-state index in [-0.39, 0.29) is 6.71 Å². The maximum absolute atomic E-state index is 6.53. The zero-order valence-electron chi connectivity index (χ0n) is 18.4. The van der Waals surface area contributed by atoms with Crippen LogP contribution in [0.3, 0.4) is 0 Å². The van der Waals surface area contributed by atoms with Crippen LogP contribution >= 0.6 is 22.7 Å². The van der Waals surface area contributed by atoms with Gasteiger partial charge in [0.25, 0.3) is 6.71 Å². The van der Waals surface area contributed by atoms with E-state index in [4.69, 9.17) is 9.47 Å². The van der Waals surface area contributed by atoms with Crippen LogP contribution in [0.2, 0.25) is 0 Å². The van der Waals surface area contributed by atoms with E-state index in [9.17, 15) is 0 Å². The van der Waals surface area contributed by atoms with Crippen molar-refractivity contribution >= 4 is 86.1 Å². The summed E-state index contributed by atoms with van der Waals surface area (Å²) in [4.78, 5) is 0. The topological polar surface area (TPSA) is 18.5 Å². The lowest BCUT2D eigenvalue weighted by Crippen LogP contribution is -2.57. The molecule has 0 saturated carbocycles. The maximum Gasteiger partial charge on any atom is 0.260 e. The van der Waals surface area contributed by atoms with Gasteiger partial charge in [-0.05, 0) is 59.5 Å². The van der Waals surface area contributed by atoms with Crippen LogP contribution in [-0.4, -0.2) is 6.71 Å². The van der Waals surface area contributed by atoms with E-state index < -0.39 is 0 Å². The number of rotatable bonds is 0. The summed E-state index contributed by atoms with van der Waals surface area (Å²) in [6.07, 6.45) is 0. The Morgan fingerprint density at radius 1 is 0.457 bits per heavy atom. The highest BCUT2D eigenvalue weighted by molar-refractivity contribution is 7.26. The van der Waals surface area contributed by atoms with Crippen molar-refractivity contribution in [1.82, 2.24) is 0 Å². The third kappa shape index (κ3) is 2.39. The highest BCUT2D eigenvalue weighted by Gasteiger charge is 2.40. The molecule has 5 aromatic carbocycles. The van der Waals surface area contributed by atoms with Crippen LogP contribution in [0, 0.1) is 0 Å². The Balaban J connectivity index is 1.37. The molecule has 2 aliphatic heterocycles. The molecule has 9 rings (SSSR count). The average molecular weight is 482 g/mol. The molecule has 0 saturated heterocycles. The molecule has 0 unspecified atom stereocenters. The van der Waals surface area contributed by atoms with Gasteiger partial charge in [0.15, 0.2) is 0 Å². The molecule has 0 atom stereocenters. The van der Waals surface area contributed by atoms with Crippen LogP contribution in [0.5, 0.6) is 23.0 Å². The summed E-state index contributed by atoms with van der Waals surface area (Å²) in [6, 6.07) is 32.6.